The zero-order chi connectivity index (χ0) is 20.6. The van der Waals surface area contributed by atoms with Gasteiger partial charge in [0.1, 0.15) is 14.1 Å². The first-order valence-corrected chi connectivity index (χ1v) is 13.2. The molecule has 2 aromatic carbocycles. The molecule has 3 nitrogen and oxygen atoms in total. The Hall–Kier alpha value is -2.17. The molecule has 2 aromatic rings. The minimum Gasteiger partial charge on any atom is -0.342 e. The SMILES string of the molecule is C/C=C(/CNC(C(=O)N(CC)CC)c1ccccc1)[Si](C)(C)c1ccccc1. The molecule has 0 spiro atoms. The number of hydrogen-bond acceptors (Lipinski definition) is 2. The van der Waals surface area contributed by atoms with E-state index in [1.807, 2.05) is 49.1 Å². The molecule has 0 bridgehead atoms. The molecule has 0 heterocycles. The van der Waals surface area contributed by atoms with Crippen molar-refractivity contribution in [2.24, 2.45) is 0 Å². The summed E-state index contributed by atoms with van der Waals surface area (Å²) in [7, 11) is -1.78. The van der Waals surface area contributed by atoms with Crippen LogP contribution in [0.4, 0.5) is 0 Å². The minimum absolute atomic E-state index is 0.144. The monoisotopic (exact) mass is 394 g/mol. The van der Waals surface area contributed by atoms with E-state index in [1.165, 1.54) is 10.4 Å². The lowest BCUT2D eigenvalue weighted by molar-refractivity contribution is -0.133. The second kappa shape index (κ2) is 10.4. The molecule has 28 heavy (non-hydrogen) atoms. The molecule has 1 amide bonds. The van der Waals surface area contributed by atoms with E-state index < -0.39 is 8.07 Å². The number of benzene rings is 2. The van der Waals surface area contributed by atoms with Gasteiger partial charge in [0.15, 0.2) is 0 Å². The van der Waals surface area contributed by atoms with Crippen LogP contribution in [0.2, 0.25) is 13.1 Å². The van der Waals surface area contributed by atoms with Gasteiger partial charge in [0, 0.05) is 19.6 Å². The Labute approximate surface area is 171 Å². The van der Waals surface area contributed by atoms with E-state index in [9.17, 15) is 4.79 Å². The Morgan fingerprint density at radius 1 is 1.00 bits per heavy atom. The van der Waals surface area contributed by atoms with Crippen molar-refractivity contribution in [3.05, 3.63) is 77.5 Å². The first kappa shape index (κ1) is 22.1. The average molecular weight is 395 g/mol. The van der Waals surface area contributed by atoms with E-state index in [4.69, 9.17) is 0 Å². The Kier molecular flexibility index (Phi) is 8.21. The first-order valence-electron chi connectivity index (χ1n) is 10.2. The highest BCUT2D eigenvalue weighted by molar-refractivity contribution is 6.95. The summed E-state index contributed by atoms with van der Waals surface area (Å²) in [5.74, 6) is 0.144. The third-order valence-electron chi connectivity index (χ3n) is 5.60. The highest BCUT2D eigenvalue weighted by Gasteiger charge is 2.30. The molecule has 1 atom stereocenters. The standard InChI is InChI=1S/C24H34N2OSi/c1-6-21(28(4,5)22-17-13-10-14-18-22)19-25-23(20-15-11-9-12-16-20)24(27)26(7-2)8-3/h6,9-18,23,25H,7-8,19H2,1-5H3/b21-6-. The van der Waals surface area contributed by atoms with Crippen LogP contribution in [0.1, 0.15) is 32.4 Å². The molecule has 0 aromatic heterocycles. The molecule has 0 saturated carbocycles. The van der Waals surface area contributed by atoms with Gasteiger partial charge in [-0.1, -0.05) is 90.2 Å². The van der Waals surface area contributed by atoms with Crippen LogP contribution >= 0.6 is 0 Å². The zero-order valence-corrected chi connectivity index (χ0v) is 18.9. The van der Waals surface area contributed by atoms with Gasteiger partial charge in [0.05, 0.1) is 0 Å². The van der Waals surface area contributed by atoms with E-state index in [2.05, 4.69) is 61.7 Å². The maximum Gasteiger partial charge on any atom is 0.244 e. The summed E-state index contributed by atoms with van der Waals surface area (Å²) < 4.78 is 0. The highest BCUT2D eigenvalue weighted by atomic mass is 28.3. The summed E-state index contributed by atoms with van der Waals surface area (Å²) in [5, 5.41) is 6.41. The van der Waals surface area contributed by atoms with Gasteiger partial charge in [-0.25, -0.2) is 0 Å². The van der Waals surface area contributed by atoms with Crippen LogP contribution in [0.5, 0.6) is 0 Å². The number of allylic oxidation sites excluding steroid dienone is 1. The summed E-state index contributed by atoms with van der Waals surface area (Å²) in [6.07, 6.45) is 2.23. The van der Waals surface area contributed by atoms with Crippen LogP contribution in [-0.4, -0.2) is 38.5 Å². The second-order valence-electron chi connectivity index (χ2n) is 7.54. The highest BCUT2D eigenvalue weighted by Crippen LogP contribution is 2.19. The van der Waals surface area contributed by atoms with Gasteiger partial charge in [-0.15, -0.1) is 0 Å². The van der Waals surface area contributed by atoms with Crippen molar-refractivity contribution in [1.29, 1.82) is 0 Å². The molecule has 0 aliphatic rings. The van der Waals surface area contributed by atoms with E-state index in [-0.39, 0.29) is 11.9 Å². The molecule has 2 rings (SSSR count). The quantitative estimate of drug-likeness (QED) is 0.644. The van der Waals surface area contributed by atoms with Crippen LogP contribution in [0.15, 0.2) is 71.9 Å². The van der Waals surface area contributed by atoms with Gasteiger partial charge in [0.2, 0.25) is 5.91 Å². The Morgan fingerprint density at radius 3 is 2.04 bits per heavy atom. The maximum absolute atomic E-state index is 13.2. The molecule has 150 valence electrons. The van der Waals surface area contributed by atoms with Gasteiger partial charge in [-0.3, -0.25) is 10.1 Å². The molecular weight excluding hydrogens is 360 g/mol. The van der Waals surface area contributed by atoms with E-state index >= 15 is 0 Å². The van der Waals surface area contributed by atoms with E-state index in [0.717, 1.165) is 25.2 Å². The van der Waals surface area contributed by atoms with Crippen molar-refractivity contribution in [1.82, 2.24) is 10.2 Å². The van der Waals surface area contributed by atoms with Crippen molar-refractivity contribution >= 4 is 19.2 Å². The molecule has 0 saturated heterocycles. The van der Waals surface area contributed by atoms with Crippen LogP contribution < -0.4 is 10.5 Å². The Bertz CT molecular complexity index is 768. The lowest BCUT2D eigenvalue weighted by Crippen LogP contribution is -2.48. The molecule has 1 unspecified atom stereocenters. The molecule has 1 N–H and O–H groups in total. The summed E-state index contributed by atoms with van der Waals surface area (Å²) in [6, 6.07) is 20.5. The number of carbonyl (C=O) groups is 1. The third kappa shape index (κ3) is 5.21. The molecule has 0 aliphatic heterocycles. The van der Waals surface area contributed by atoms with Crippen LogP contribution in [-0.2, 0) is 4.79 Å². The van der Waals surface area contributed by atoms with E-state index in [0.29, 0.717) is 0 Å². The van der Waals surface area contributed by atoms with Crippen LogP contribution in [0.3, 0.4) is 0 Å². The fourth-order valence-corrected chi connectivity index (χ4v) is 6.31. The lowest BCUT2D eigenvalue weighted by Gasteiger charge is -2.30. The smallest absolute Gasteiger partial charge is 0.244 e. The first-order chi connectivity index (χ1) is 13.5. The topological polar surface area (TPSA) is 32.3 Å². The number of hydrogen-bond donors (Lipinski definition) is 1. The van der Waals surface area contributed by atoms with Gasteiger partial charge in [0.25, 0.3) is 0 Å². The van der Waals surface area contributed by atoms with Crippen molar-refractivity contribution in [2.75, 3.05) is 19.6 Å². The van der Waals surface area contributed by atoms with Crippen LogP contribution in [0, 0.1) is 0 Å². The summed E-state index contributed by atoms with van der Waals surface area (Å²) in [4.78, 5) is 15.1. The number of rotatable bonds is 9. The largest absolute Gasteiger partial charge is 0.342 e. The van der Waals surface area contributed by atoms with Crippen molar-refractivity contribution in [3.8, 4) is 0 Å². The van der Waals surface area contributed by atoms with E-state index in [1.54, 1.807) is 0 Å². The number of carbonyl (C=O) groups excluding carboxylic acids is 1. The molecule has 0 radical (unpaired) electrons. The Balaban J connectivity index is 2.25. The van der Waals surface area contributed by atoms with Crippen molar-refractivity contribution in [2.45, 2.75) is 39.9 Å². The predicted octanol–water partition coefficient (Wildman–Crippen LogP) is 4.29. The molecule has 4 heteroatoms. The number of nitrogens with zero attached hydrogens (tertiary/aromatic N) is 1. The Morgan fingerprint density at radius 2 is 1.54 bits per heavy atom. The minimum atomic E-state index is -1.78. The fraction of sp³-hybridized carbons (Fsp3) is 0.375. The van der Waals surface area contributed by atoms with Gasteiger partial charge in [-0.05, 0) is 26.3 Å². The number of nitrogens with one attached hydrogen (secondary N) is 1. The summed E-state index contributed by atoms with van der Waals surface area (Å²) in [6.45, 7) is 13.1. The van der Waals surface area contributed by atoms with Gasteiger partial charge >= 0.3 is 0 Å². The number of likely N-dealkylation sites (N-methyl/N-ethyl adjacent to an activating group) is 1. The fourth-order valence-electron chi connectivity index (χ4n) is 3.65. The third-order valence-corrected chi connectivity index (χ3v) is 9.45. The second-order valence-corrected chi connectivity index (χ2v) is 12.0. The normalized spacial score (nSPS) is 13.2. The zero-order valence-electron chi connectivity index (χ0n) is 17.9. The lowest BCUT2D eigenvalue weighted by atomic mass is 10.1. The molecule has 0 fully saturated rings. The molecule has 0 aliphatic carbocycles. The summed E-state index contributed by atoms with van der Waals surface area (Å²) in [5.41, 5.74) is 1.02. The van der Waals surface area contributed by atoms with Gasteiger partial charge in [-0.2, -0.15) is 0 Å². The van der Waals surface area contributed by atoms with Crippen LogP contribution in [0.25, 0.3) is 0 Å². The molecular formula is C24H34N2OSi. The summed E-state index contributed by atoms with van der Waals surface area (Å²) >= 11 is 0. The average Bonchev–Trinajstić information content (AvgIpc) is 2.73. The van der Waals surface area contributed by atoms with Gasteiger partial charge < -0.3 is 4.90 Å². The van der Waals surface area contributed by atoms with Crippen molar-refractivity contribution < 1.29 is 4.79 Å². The maximum atomic E-state index is 13.2. The van der Waals surface area contributed by atoms with Crippen molar-refractivity contribution in [3.63, 3.8) is 0 Å². The predicted molar refractivity (Wildman–Crippen MR) is 122 cm³/mol. The number of amides is 1.